The van der Waals surface area contributed by atoms with Gasteiger partial charge in [-0.1, -0.05) is 42.8 Å². The maximum Gasteiger partial charge on any atom is 0.291 e. The highest BCUT2D eigenvalue weighted by atomic mass is 35.5. The van der Waals surface area contributed by atoms with Crippen LogP contribution < -0.4 is 10.1 Å². The molecular formula is C24H22ClN3O3. The van der Waals surface area contributed by atoms with E-state index in [0.29, 0.717) is 23.0 Å². The molecule has 0 radical (unpaired) electrons. The summed E-state index contributed by atoms with van der Waals surface area (Å²) in [4.78, 5) is 12.6. The van der Waals surface area contributed by atoms with Gasteiger partial charge in [-0.3, -0.25) is 9.48 Å². The summed E-state index contributed by atoms with van der Waals surface area (Å²) in [6.07, 6.45) is 4.32. The fourth-order valence-corrected chi connectivity index (χ4v) is 3.26. The summed E-state index contributed by atoms with van der Waals surface area (Å²) in [5.74, 6) is 1.24. The van der Waals surface area contributed by atoms with Gasteiger partial charge >= 0.3 is 0 Å². The van der Waals surface area contributed by atoms with E-state index in [2.05, 4.69) is 17.3 Å². The molecule has 0 saturated heterocycles. The lowest BCUT2D eigenvalue weighted by Crippen LogP contribution is -2.11. The standard InChI is InChI=1S/C24H22ClN3O3/c1-2-17-6-8-21(9-7-17)30-16-22-10-11-23(31-22)24(29)27-20-5-3-4-18(12-20)14-28-15-19(25)13-26-28/h3-13,15H,2,14,16H2,1H3,(H,27,29). The van der Waals surface area contributed by atoms with E-state index < -0.39 is 0 Å². The van der Waals surface area contributed by atoms with Crippen LogP contribution in [-0.2, 0) is 19.6 Å². The van der Waals surface area contributed by atoms with Crippen molar-refractivity contribution in [1.82, 2.24) is 9.78 Å². The first-order valence-corrected chi connectivity index (χ1v) is 10.4. The van der Waals surface area contributed by atoms with Gasteiger partial charge in [0.25, 0.3) is 5.91 Å². The number of nitrogens with one attached hydrogen (secondary N) is 1. The summed E-state index contributed by atoms with van der Waals surface area (Å²) >= 11 is 5.91. The zero-order valence-corrected chi connectivity index (χ0v) is 17.8. The highest BCUT2D eigenvalue weighted by Gasteiger charge is 2.12. The van der Waals surface area contributed by atoms with Gasteiger partial charge in [-0.15, -0.1) is 0 Å². The number of rotatable bonds is 8. The van der Waals surface area contributed by atoms with Crippen LogP contribution in [0.15, 0.2) is 77.5 Å². The zero-order chi connectivity index (χ0) is 21.6. The minimum absolute atomic E-state index is 0.226. The van der Waals surface area contributed by atoms with Gasteiger partial charge in [0.2, 0.25) is 0 Å². The molecule has 4 rings (SSSR count). The molecule has 1 N–H and O–H groups in total. The molecule has 2 aromatic carbocycles. The molecule has 0 saturated carbocycles. The Kier molecular flexibility index (Phi) is 6.38. The molecule has 0 atom stereocenters. The Morgan fingerprint density at radius 3 is 2.71 bits per heavy atom. The van der Waals surface area contributed by atoms with E-state index >= 15 is 0 Å². The highest BCUT2D eigenvalue weighted by Crippen LogP contribution is 2.18. The van der Waals surface area contributed by atoms with Crippen LogP contribution in [-0.4, -0.2) is 15.7 Å². The lowest BCUT2D eigenvalue weighted by atomic mass is 10.2. The number of anilines is 1. The van der Waals surface area contributed by atoms with Gasteiger partial charge in [0.15, 0.2) is 5.76 Å². The number of furan rings is 1. The van der Waals surface area contributed by atoms with Gasteiger partial charge in [0, 0.05) is 11.9 Å². The van der Waals surface area contributed by atoms with Crippen molar-refractivity contribution in [3.63, 3.8) is 0 Å². The van der Waals surface area contributed by atoms with Crippen molar-refractivity contribution in [2.75, 3.05) is 5.32 Å². The number of amides is 1. The Bertz CT molecular complexity index is 1160. The normalized spacial score (nSPS) is 10.8. The topological polar surface area (TPSA) is 69.3 Å². The summed E-state index contributed by atoms with van der Waals surface area (Å²) in [6.45, 7) is 2.91. The third kappa shape index (κ3) is 5.55. The molecule has 0 aliphatic carbocycles. The maximum atomic E-state index is 12.6. The molecule has 1 amide bonds. The zero-order valence-electron chi connectivity index (χ0n) is 17.0. The minimum Gasteiger partial charge on any atom is -0.486 e. The first-order valence-electron chi connectivity index (χ1n) is 9.98. The molecular weight excluding hydrogens is 414 g/mol. The molecule has 0 unspecified atom stereocenters. The van der Waals surface area contributed by atoms with Crippen molar-refractivity contribution < 1.29 is 13.9 Å². The van der Waals surface area contributed by atoms with Crippen LogP contribution in [0.3, 0.4) is 0 Å². The van der Waals surface area contributed by atoms with Gasteiger partial charge < -0.3 is 14.5 Å². The van der Waals surface area contributed by atoms with E-state index in [1.807, 2.05) is 48.5 Å². The predicted molar refractivity (Wildman–Crippen MR) is 120 cm³/mol. The van der Waals surface area contributed by atoms with E-state index in [1.54, 1.807) is 29.2 Å². The first kappa shape index (κ1) is 20.8. The molecule has 2 heterocycles. The first-order chi connectivity index (χ1) is 15.1. The summed E-state index contributed by atoms with van der Waals surface area (Å²) in [5.41, 5.74) is 2.91. The molecule has 2 aromatic heterocycles. The van der Waals surface area contributed by atoms with E-state index in [-0.39, 0.29) is 18.3 Å². The van der Waals surface area contributed by atoms with Gasteiger partial charge in [0.05, 0.1) is 17.8 Å². The average molecular weight is 436 g/mol. The third-order valence-corrected chi connectivity index (χ3v) is 4.92. The number of benzene rings is 2. The van der Waals surface area contributed by atoms with Crippen LogP contribution in [0.2, 0.25) is 5.02 Å². The second kappa shape index (κ2) is 9.53. The largest absolute Gasteiger partial charge is 0.486 e. The number of carbonyl (C=O) groups excluding carboxylic acids is 1. The average Bonchev–Trinajstić information content (AvgIpc) is 3.42. The van der Waals surface area contributed by atoms with Crippen LogP contribution in [0.25, 0.3) is 0 Å². The number of aromatic nitrogens is 2. The lowest BCUT2D eigenvalue weighted by Gasteiger charge is -2.07. The van der Waals surface area contributed by atoms with Crippen molar-refractivity contribution in [3.05, 3.63) is 101 Å². The van der Waals surface area contributed by atoms with Gasteiger partial charge in [-0.25, -0.2) is 0 Å². The van der Waals surface area contributed by atoms with Crippen molar-refractivity contribution >= 4 is 23.2 Å². The van der Waals surface area contributed by atoms with E-state index in [9.17, 15) is 4.79 Å². The Labute approximate surface area is 185 Å². The fraction of sp³-hybridized carbons (Fsp3) is 0.167. The molecule has 7 heteroatoms. The van der Waals surface area contributed by atoms with Crippen molar-refractivity contribution in [2.24, 2.45) is 0 Å². The number of halogens is 1. The smallest absolute Gasteiger partial charge is 0.291 e. The molecule has 0 spiro atoms. The quantitative estimate of drug-likeness (QED) is 0.392. The predicted octanol–water partition coefficient (Wildman–Crippen LogP) is 5.57. The van der Waals surface area contributed by atoms with Gasteiger partial charge in [0.1, 0.15) is 18.1 Å². The Balaban J connectivity index is 1.34. The molecule has 0 fully saturated rings. The van der Waals surface area contributed by atoms with E-state index in [0.717, 1.165) is 17.7 Å². The van der Waals surface area contributed by atoms with E-state index in [1.165, 1.54) is 5.56 Å². The minimum atomic E-state index is -0.321. The lowest BCUT2D eigenvalue weighted by molar-refractivity contribution is 0.0992. The second-order valence-electron chi connectivity index (χ2n) is 7.06. The van der Waals surface area contributed by atoms with E-state index in [4.69, 9.17) is 20.8 Å². The number of nitrogens with zero attached hydrogens (tertiary/aromatic N) is 2. The second-order valence-corrected chi connectivity index (χ2v) is 7.50. The summed E-state index contributed by atoms with van der Waals surface area (Å²) in [7, 11) is 0. The van der Waals surface area contributed by atoms with Crippen LogP contribution >= 0.6 is 11.6 Å². The number of carbonyl (C=O) groups is 1. The fourth-order valence-electron chi connectivity index (χ4n) is 3.11. The maximum absolute atomic E-state index is 12.6. The van der Waals surface area contributed by atoms with Crippen molar-refractivity contribution in [3.8, 4) is 5.75 Å². The van der Waals surface area contributed by atoms with Crippen molar-refractivity contribution in [2.45, 2.75) is 26.5 Å². The summed E-state index contributed by atoms with van der Waals surface area (Å²) in [5, 5.41) is 7.61. The number of hydrogen-bond acceptors (Lipinski definition) is 4. The Morgan fingerprint density at radius 1 is 1.13 bits per heavy atom. The molecule has 0 aliphatic rings. The molecule has 6 nitrogen and oxygen atoms in total. The number of hydrogen-bond donors (Lipinski definition) is 1. The van der Waals surface area contributed by atoms with Gasteiger partial charge in [-0.05, 0) is 53.9 Å². The molecule has 4 aromatic rings. The molecule has 31 heavy (non-hydrogen) atoms. The Morgan fingerprint density at radius 2 is 1.97 bits per heavy atom. The highest BCUT2D eigenvalue weighted by molar-refractivity contribution is 6.30. The van der Waals surface area contributed by atoms with Crippen LogP contribution in [0, 0.1) is 0 Å². The number of ether oxygens (including phenoxy) is 1. The monoisotopic (exact) mass is 435 g/mol. The number of aryl methyl sites for hydroxylation is 1. The summed E-state index contributed by atoms with van der Waals surface area (Å²) < 4.78 is 13.1. The summed E-state index contributed by atoms with van der Waals surface area (Å²) in [6, 6.07) is 18.9. The SMILES string of the molecule is CCc1ccc(OCc2ccc(C(=O)Nc3cccc(Cn4cc(Cl)cn4)c3)o2)cc1. The van der Waals surface area contributed by atoms with Gasteiger partial charge in [-0.2, -0.15) is 5.10 Å². The molecule has 158 valence electrons. The third-order valence-electron chi connectivity index (χ3n) is 4.73. The molecule has 0 aliphatic heterocycles. The Hall–Kier alpha value is -3.51. The van der Waals surface area contributed by atoms with Crippen molar-refractivity contribution in [1.29, 1.82) is 0 Å². The van der Waals surface area contributed by atoms with Crippen LogP contribution in [0.1, 0.15) is 34.4 Å². The molecule has 0 bridgehead atoms. The van der Waals surface area contributed by atoms with Crippen LogP contribution in [0.5, 0.6) is 5.75 Å². The van der Waals surface area contributed by atoms with Crippen LogP contribution in [0.4, 0.5) is 5.69 Å².